The van der Waals surface area contributed by atoms with Crippen LogP contribution >= 0.6 is 11.0 Å². The van der Waals surface area contributed by atoms with E-state index >= 15 is 0 Å². The van der Waals surface area contributed by atoms with Crippen molar-refractivity contribution in [3.8, 4) is 0 Å². The molecule has 118 valence electrons. The van der Waals surface area contributed by atoms with Gasteiger partial charge in [-0.05, 0) is 55.2 Å². The highest BCUT2D eigenvalue weighted by Crippen LogP contribution is 2.63. The van der Waals surface area contributed by atoms with Crippen LogP contribution in [0.4, 0.5) is 17.2 Å². The predicted octanol–water partition coefficient (Wildman–Crippen LogP) is 3.23. The van der Waals surface area contributed by atoms with E-state index in [1.165, 1.54) is 4.31 Å². The van der Waals surface area contributed by atoms with E-state index in [-0.39, 0.29) is 0 Å². The van der Waals surface area contributed by atoms with Crippen LogP contribution in [-0.2, 0) is 0 Å². The second kappa shape index (κ2) is 6.13. The highest BCUT2D eigenvalue weighted by Gasteiger charge is 2.42. The summed E-state index contributed by atoms with van der Waals surface area (Å²) < 4.78 is 24.8. The van der Waals surface area contributed by atoms with E-state index in [0.29, 0.717) is 12.4 Å². The number of pyridine rings is 1. The van der Waals surface area contributed by atoms with Crippen LogP contribution in [0.2, 0.25) is 0 Å². The SMILES string of the molecule is CNCCCN1c2cccnc2N(c2ccccc2)S1(O)O. The van der Waals surface area contributed by atoms with Gasteiger partial charge in [0.25, 0.3) is 0 Å². The summed E-state index contributed by atoms with van der Waals surface area (Å²) in [5, 5.41) is 3.08. The number of rotatable bonds is 5. The normalized spacial score (nSPS) is 17.4. The van der Waals surface area contributed by atoms with E-state index < -0.39 is 11.0 Å². The lowest BCUT2D eigenvalue weighted by molar-refractivity contribution is 0.483. The zero-order chi connectivity index (χ0) is 15.6. The number of anilines is 3. The van der Waals surface area contributed by atoms with E-state index in [1.54, 1.807) is 10.5 Å². The smallest absolute Gasteiger partial charge is 0.178 e. The average molecular weight is 320 g/mol. The van der Waals surface area contributed by atoms with Crippen LogP contribution in [0.5, 0.6) is 0 Å². The third kappa shape index (κ3) is 2.52. The number of nitrogens with zero attached hydrogens (tertiary/aromatic N) is 3. The third-order valence-electron chi connectivity index (χ3n) is 3.55. The molecule has 1 aromatic carbocycles. The molecule has 1 aromatic heterocycles. The predicted molar refractivity (Wildman–Crippen MR) is 91.6 cm³/mol. The number of hydrogen-bond acceptors (Lipinski definition) is 6. The minimum Gasteiger partial charge on any atom is -0.320 e. The summed E-state index contributed by atoms with van der Waals surface area (Å²) >= 11 is 0. The molecule has 3 rings (SSSR count). The van der Waals surface area contributed by atoms with Crippen LogP contribution in [0.3, 0.4) is 0 Å². The molecule has 7 heteroatoms. The highest BCUT2D eigenvalue weighted by molar-refractivity contribution is 8.27. The summed E-state index contributed by atoms with van der Waals surface area (Å²) in [5.74, 6) is 0.582. The second-order valence-corrected chi connectivity index (χ2v) is 6.81. The van der Waals surface area contributed by atoms with Crippen molar-refractivity contribution in [3.63, 3.8) is 0 Å². The van der Waals surface area contributed by atoms with Gasteiger partial charge in [-0.15, -0.1) is 0 Å². The summed E-state index contributed by atoms with van der Waals surface area (Å²) in [6.45, 7) is 1.36. The van der Waals surface area contributed by atoms with E-state index in [4.69, 9.17) is 0 Å². The Kier molecular flexibility index (Phi) is 4.21. The fourth-order valence-corrected chi connectivity index (χ4v) is 4.31. The first kappa shape index (κ1) is 15.1. The highest BCUT2D eigenvalue weighted by atomic mass is 32.3. The summed E-state index contributed by atoms with van der Waals surface area (Å²) in [5.41, 5.74) is 1.47. The Labute approximate surface area is 132 Å². The van der Waals surface area contributed by atoms with Gasteiger partial charge in [0.2, 0.25) is 0 Å². The minimum absolute atomic E-state index is 0.547. The molecule has 3 N–H and O–H groups in total. The van der Waals surface area contributed by atoms with E-state index in [2.05, 4.69) is 10.3 Å². The van der Waals surface area contributed by atoms with Crippen LogP contribution < -0.4 is 13.9 Å². The molecule has 2 aromatic rings. The summed E-state index contributed by atoms with van der Waals surface area (Å²) in [6, 6.07) is 13.0. The number of nitrogens with one attached hydrogen (secondary N) is 1. The van der Waals surface area contributed by atoms with Crippen molar-refractivity contribution < 1.29 is 9.11 Å². The van der Waals surface area contributed by atoms with Crippen molar-refractivity contribution in [1.82, 2.24) is 10.3 Å². The van der Waals surface area contributed by atoms with E-state index in [1.807, 2.05) is 49.5 Å². The first-order chi connectivity index (χ1) is 10.7. The Balaban J connectivity index is 2.01. The summed E-state index contributed by atoms with van der Waals surface area (Å²) in [7, 11) is -1.26. The molecule has 0 aliphatic carbocycles. The Bertz CT molecular complexity index is 638. The van der Waals surface area contributed by atoms with Gasteiger partial charge in [-0.25, -0.2) is 13.6 Å². The number of hydrogen-bond donors (Lipinski definition) is 3. The molecule has 0 bridgehead atoms. The maximum absolute atomic E-state index is 10.8. The molecule has 2 heterocycles. The summed E-state index contributed by atoms with van der Waals surface area (Å²) in [6.07, 6.45) is 2.48. The molecular formula is C15H20N4O2S. The number of para-hydroxylation sites is 1. The van der Waals surface area contributed by atoms with Crippen LogP contribution in [0.15, 0.2) is 48.7 Å². The van der Waals surface area contributed by atoms with Gasteiger partial charge in [0, 0.05) is 12.7 Å². The molecule has 0 unspecified atom stereocenters. The molecule has 1 aliphatic heterocycles. The van der Waals surface area contributed by atoms with Crippen LogP contribution in [0.25, 0.3) is 0 Å². The Hall–Kier alpha value is -1.80. The molecule has 0 saturated heterocycles. The number of benzene rings is 1. The molecule has 0 radical (unpaired) electrons. The van der Waals surface area contributed by atoms with Gasteiger partial charge in [0.15, 0.2) is 5.82 Å². The Morgan fingerprint density at radius 3 is 2.64 bits per heavy atom. The molecule has 1 aliphatic rings. The first-order valence-corrected chi connectivity index (χ1v) is 8.63. The first-order valence-electron chi connectivity index (χ1n) is 7.17. The molecular weight excluding hydrogens is 300 g/mol. The molecule has 0 amide bonds. The van der Waals surface area contributed by atoms with Gasteiger partial charge in [0.05, 0.1) is 5.69 Å². The maximum atomic E-state index is 10.8. The molecule has 0 fully saturated rings. The minimum atomic E-state index is -3.14. The van der Waals surface area contributed by atoms with Crippen molar-refractivity contribution in [3.05, 3.63) is 48.7 Å². The third-order valence-corrected chi connectivity index (χ3v) is 5.39. The molecule has 22 heavy (non-hydrogen) atoms. The fraction of sp³-hybridized carbons (Fsp3) is 0.267. The average Bonchev–Trinajstić information content (AvgIpc) is 2.75. The molecule has 0 spiro atoms. The fourth-order valence-electron chi connectivity index (χ4n) is 2.56. The van der Waals surface area contributed by atoms with Crippen molar-refractivity contribution in [1.29, 1.82) is 0 Å². The van der Waals surface area contributed by atoms with Crippen molar-refractivity contribution in [2.45, 2.75) is 6.42 Å². The van der Waals surface area contributed by atoms with E-state index in [9.17, 15) is 9.11 Å². The topological polar surface area (TPSA) is 71.9 Å². The zero-order valence-corrected chi connectivity index (χ0v) is 13.2. The van der Waals surface area contributed by atoms with Gasteiger partial charge < -0.3 is 5.32 Å². The second-order valence-electron chi connectivity index (χ2n) is 5.03. The van der Waals surface area contributed by atoms with E-state index in [0.717, 1.165) is 24.3 Å². The van der Waals surface area contributed by atoms with Crippen molar-refractivity contribution in [2.75, 3.05) is 28.7 Å². The lowest BCUT2D eigenvalue weighted by Gasteiger charge is -2.43. The van der Waals surface area contributed by atoms with Gasteiger partial charge in [0.1, 0.15) is 5.69 Å². The quantitative estimate of drug-likeness (QED) is 0.735. The Morgan fingerprint density at radius 2 is 1.91 bits per heavy atom. The lowest BCUT2D eigenvalue weighted by atomic mass is 10.3. The summed E-state index contributed by atoms with van der Waals surface area (Å²) in [4.78, 5) is 4.36. The monoisotopic (exact) mass is 320 g/mol. The van der Waals surface area contributed by atoms with Gasteiger partial charge >= 0.3 is 0 Å². The number of aromatic nitrogens is 1. The van der Waals surface area contributed by atoms with Gasteiger partial charge in [-0.3, -0.25) is 9.11 Å². The molecule has 6 nitrogen and oxygen atoms in total. The van der Waals surface area contributed by atoms with Crippen molar-refractivity contribution in [2.24, 2.45) is 0 Å². The van der Waals surface area contributed by atoms with Gasteiger partial charge in [-0.1, -0.05) is 18.2 Å². The largest absolute Gasteiger partial charge is 0.320 e. The molecule has 0 atom stereocenters. The number of fused-ring (bicyclic) bond motifs is 1. The van der Waals surface area contributed by atoms with Crippen LogP contribution in [-0.4, -0.2) is 34.2 Å². The standard InChI is InChI=1S/C15H20N4O2S/c1-16-10-6-12-18-14-9-5-11-17-15(14)19(22(18,20)21)13-7-3-2-4-8-13/h2-5,7-9,11,16,20-21H,6,10,12H2,1H3. The Morgan fingerprint density at radius 1 is 1.14 bits per heavy atom. The zero-order valence-electron chi connectivity index (χ0n) is 12.4. The van der Waals surface area contributed by atoms with Crippen molar-refractivity contribution >= 4 is 28.2 Å². The lowest BCUT2D eigenvalue weighted by Crippen LogP contribution is -2.32. The maximum Gasteiger partial charge on any atom is 0.178 e. The molecule has 0 saturated carbocycles. The van der Waals surface area contributed by atoms with Crippen LogP contribution in [0, 0.1) is 0 Å². The van der Waals surface area contributed by atoms with Crippen LogP contribution in [0.1, 0.15) is 6.42 Å². The van der Waals surface area contributed by atoms with Gasteiger partial charge in [-0.2, -0.15) is 0 Å².